The number of hydrogen-bond donors (Lipinski definition) is 0. The van der Waals surface area contributed by atoms with Crippen LogP contribution >= 0.6 is 0 Å². The lowest BCUT2D eigenvalue weighted by molar-refractivity contribution is 0.0495. The van der Waals surface area contributed by atoms with Gasteiger partial charge in [0.2, 0.25) is 0 Å². The van der Waals surface area contributed by atoms with Crippen molar-refractivity contribution in [1.29, 1.82) is 0 Å². The lowest BCUT2D eigenvalue weighted by Gasteiger charge is -2.30. The minimum atomic E-state index is -2.33. The summed E-state index contributed by atoms with van der Waals surface area (Å²) in [5, 5.41) is 0. The number of alkyl halides is 2. The van der Waals surface area contributed by atoms with Crippen LogP contribution in [-0.4, -0.2) is 6.43 Å². The first-order valence-electron chi connectivity index (χ1n) is 7.40. The molecule has 0 aromatic heterocycles. The van der Waals surface area contributed by atoms with Crippen molar-refractivity contribution in [3.8, 4) is 0 Å². The topological polar surface area (TPSA) is 0 Å². The first kappa shape index (κ1) is 15.0. The van der Waals surface area contributed by atoms with E-state index >= 15 is 0 Å². The van der Waals surface area contributed by atoms with Gasteiger partial charge in [-0.05, 0) is 12.0 Å². The van der Waals surface area contributed by atoms with E-state index < -0.39 is 11.8 Å². The summed E-state index contributed by atoms with van der Waals surface area (Å²) < 4.78 is 26.9. The van der Waals surface area contributed by atoms with Gasteiger partial charge < -0.3 is 0 Å². The molecule has 0 radical (unpaired) electrons. The molecular formula is C18H22F2. The van der Waals surface area contributed by atoms with Gasteiger partial charge in [-0.3, -0.25) is 0 Å². The molecule has 0 saturated carbocycles. The van der Waals surface area contributed by atoms with E-state index in [1.807, 2.05) is 42.5 Å². The third kappa shape index (κ3) is 3.36. The molecular weight excluding hydrogens is 254 g/mol. The molecule has 0 saturated heterocycles. The summed E-state index contributed by atoms with van der Waals surface area (Å²) in [7, 11) is 0. The Morgan fingerprint density at radius 1 is 1.05 bits per heavy atom. The molecule has 0 unspecified atom stereocenters. The van der Waals surface area contributed by atoms with Crippen LogP contribution in [0.4, 0.5) is 8.78 Å². The van der Waals surface area contributed by atoms with Crippen molar-refractivity contribution >= 4 is 0 Å². The first-order valence-corrected chi connectivity index (χ1v) is 7.40. The summed E-state index contributed by atoms with van der Waals surface area (Å²) in [6.45, 7) is 2.09. The fourth-order valence-electron chi connectivity index (χ4n) is 2.69. The van der Waals surface area contributed by atoms with Crippen LogP contribution in [-0.2, 0) is 0 Å². The third-order valence-electron chi connectivity index (χ3n) is 4.03. The quantitative estimate of drug-likeness (QED) is 0.460. The standard InChI is InChI=1S/C18H22F2/c1-2-3-7-12-18(17(19)20)13-10-16(11-14-18)15-8-5-4-6-9-15/h4-6,8-11,13-14,16-17H,2-3,7,12H2,1H3. The van der Waals surface area contributed by atoms with E-state index in [9.17, 15) is 8.78 Å². The molecule has 2 rings (SSSR count). The first-order chi connectivity index (χ1) is 9.68. The van der Waals surface area contributed by atoms with Gasteiger partial charge in [-0.1, -0.05) is 80.8 Å². The molecule has 1 aliphatic rings. The smallest absolute Gasteiger partial charge is 0.209 e. The Balaban J connectivity index is 2.10. The maximum atomic E-state index is 13.4. The highest BCUT2D eigenvalue weighted by Gasteiger charge is 2.36. The van der Waals surface area contributed by atoms with Gasteiger partial charge >= 0.3 is 0 Å². The summed E-state index contributed by atoms with van der Waals surface area (Å²) in [6.07, 6.45) is 8.43. The van der Waals surface area contributed by atoms with Crippen molar-refractivity contribution in [2.75, 3.05) is 0 Å². The number of hydrogen-bond acceptors (Lipinski definition) is 0. The minimum absolute atomic E-state index is 0.120. The van der Waals surface area contributed by atoms with Crippen LogP contribution < -0.4 is 0 Å². The molecule has 0 bridgehead atoms. The van der Waals surface area contributed by atoms with Gasteiger partial charge in [0.05, 0.1) is 5.41 Å². The van der Waals surface area contributed by atoms with Crippen LogP contribution in [0.1, 0.15) is 44.1 Å². The minimum Gasteiger partial charge on any atom is -0.209 e. The van der Waals surface area contributed by atoms with Crippen molar-refractivity contribution in [1.82, 2.24) is 0 Å². The molecule has 1 aromatic rings. The Labute approximate surface area is 120 Å². The van der Waals surface area contributed by atoms with Gasteiger partial charge in [0.15, 0.2) is 0 Å². The van der Waals surface area contributed by atoms with Gasteiger partial charge in [-0.15, -0.1) is 0 Å². The molecule has 2 heteroatoms. The molecule has 108 valence electrons. The predicted octanol–water partition coefficient (Wildman–Crippen LogP) is 5.73. The zero-order valence-corrected chi connectivity index (χ0v) is 11.9. The average Bonchev–Trinajstić information content (AvgIpc) is 2.49. The van der Waals surface area contributed by atoms with Crippen LogP contribution in [0.25, 0.3) is 0 Å². The second-order valence-electron chi connectivity index (χ2n) is 5.52. The van der Waals surface area contributed by atoms with Gasteiger partial charge in [0.1, 0.15) is 0 Å². The average molecular weight is 276 g/mol. The number of rotatable bonds is 6. The fourth-order valence-corrected chi connectivity index (χ4v) is 2.69. The van der Waals surface area contributed by atoms with E-state index in [-0.39, 0.29) is 5.92 Å². The second kappa shape index (κ2) is 6.83. The van der Waals surface area contributed by atoms with Gasteiger partial charge in [-0.25, -0.2) is 8.78 Å². The molecule has 0 amide bonds. The molecule has 1 aliphatic carbocycles. The molecule has 0 atom stereocenters. The molecule has 20 heavy (non-hydrogen) atoms. The number of benzene rings is 1. The van der Waals surface area contributed by atoms with E-state index in [1.54, 1.807) is 12.2 Å². The third-order valence-corrected chi connectivity index (χ3v) is 4.03. The molecule has 0 heterocycles. The fraction of sp³-hybridized carbons (Fsp3) is 0.444. The number of halogens is 2. The highest BCUT2D eigenvalue weighted by atomic mass is 19.3. The summed E-state index contributed by atoms with van der Waals surface area (Å²) in [4.78, 5) is 0. The monoisotopic (exact) mass is 276 g/mol. The Kier molecular flexibility index (Phi) is 5.11. The van der Waals surface area contributed by atoms with Crippen molar-refractivity contribution in [3.63, 3.8) is 0 Å². The van der Waals surface area contributed by atoms with Crippen molar-refractivity contribution in [2.45, 2.75) is 45.0 Å². The molecule has 0 N–H and O–H groups in total. The van der Waals surface area contributed by atoms with Crippen LogP contribution in [0, 0.1) is 5.41 Å². The summed E-state index contributed by atoms with van der Waals surface area (Å²) in [6, 6.07) is 9.99. The van der Waals surface area contributed by atoms with Crippen molar-refractivity contribution < 1.29 is 8.78 Å². The maximum Gasteiger partial charge on any atom is 0.250 e. The van der Waals surface area contributed by atoms with Crippen molar-refractivity contribution in [2.24, 2.45) is 5.41 Å². The molecule has 0 nitrogen and oxygen atoms in total. The van der Waals surface area contributed by atoms with E-state index in [0.717, 1.165) is 24.8 Å². The van der Waals surface area contributed by atoms with Crippen LogP contribution in [0.5, 0.6) is 0 Å². The summed E-state index contributed by atoms with van der Waals surface area (Å²) >= 11 is 0. The van der Waals surface area contributed by atoms with E-state index in [4.69, 9.17) is 0 Å². The Morgan fingerprint density at radius 2 is 1.70 bits per heavy atom. The Morgan fingerprint density at radius 3 is 2.25 bits per heavy atom. The maximum absolute atomic E-state index is 13.4. The highest BCUT2D eigenvalue weighted by Crippen LogP contribution is 2.40. The Hall–Kier alpha value is -1.44. The number of allylic oxidation sites excluding steroid dienone is 4. The Bertz CT molecular complexity index is 446. The van der Waals surface area contributed by atoms with Crippen LogP contribution in [0.15, 0.2) is 54.6 Å². The van der Waals surface area contributed by atoms with Gasteiger partial charge in [0, 0.05) is 5.92 Å². The summed E-state index contributed by atoms with van der Waals surface area (Å²) in [5.74, 6) is 0.120. The zero-order valence-electron chi connectivity index (χ0n) is 11.9. The van der Waals surface area contributed by atoms with Gasteiger partial charge in [-0.2, -0.15) is 0 Å². The zero-order chi connectivity index (χ0) is 14.4. The molecule has 0 spiro atoms. The highest BCUT2D eigenvalue weighted by molar-refractivity contribution is 5.34. The molecule has 0 aliphatic heterocycles. The normalized spacial score (nSPS) is 25.3. The predicted molar refractivity (Wildman–Crippen MR) is 80.0 cm³/mol. The van der Waals surface area contributed by atoms with E-state index in [2.05, 4.69) is 6.92 Å². The van der Waals surface area contributed by atoms with E-state index in [1.165, 1.54) is 0 Å². The molecule has 0 fully saturated rings. The van der Waals surface area contributed by atoms with Gasteiger partial charge in [0.25, 0.3) is 6.43 Å². The van der Waals surface area contributed by atoms with Crippen molar-refractivity contribution in [3.05, 3.63) is 60.2 Å². The summed E-state index contributed by atoms with van der Waals surface area (Å²) in [5.41, 5.74) is 0.0944. The lowest BCUT2D eigenvalue weighted by Crippen LogP contribution is -2.27. The van der Waals surface area contributed by atoms with Crippen LogP contribution in [0.2, 0.25) is 0 Å². The van der Waals surface area contributed by atoms with Crippen LogP contribution in [0.3, 0.4) is 0 Å². The molecule has 1 aromatic carbocycles. The largest absolute Gasteiger partial charge is 0.250 e. The second-order valence-corrected chi connectivity index (χ2v) is 5.52. The number of unbranched alkanes of at least 4 members (excludes halogenated alkanes) is 2. The lowest BCUT2D eigenvalue weighted by atomic mass is 9.76. The SMILES string of the molecule is CCCCCC1(C(F)F)C=CC(c2ccccc2)C=C1. The van der Waals surface area contributed by atoms with E-state index in [0.29, 0.717) is 6.42 Å².